The summed E-state index contributed by atoms with van der Waals surface area (Å²) in [5, 5.41) is 3.85. The fraction of sp³-hybridized carbons (Fsp3) is 0.538. The zero-order valence-corrected chi connectivity index (χ0v) is 12.4. The average Bonchev–Trinajstić information content (AvgIpc) is 2.42. The van der Waals surface area contributed by atoms with E-state index in [4.69, 9.17) is 17.3 Å². The first-order valence-corrected chi connectivity index (χ1v) is 8.04. The summed E-state index contributed by atoms with van der Waals surface area (Å²) in [5.74, 6) is 0.0721. The Morgan fingerprint density at radius 2 is 2.21 bits per heavy atom. The fourth-order valence-corrected chi connectivity index (χ4v) is 3.52. The van der Waals surface area contributed by atoms with Gasteiger partial charge in [0.15, 0.2) is 0 Å². The van der Waals surface area contributed by atoms with Crippen LogP contribution in [0.25, 0.3) is 0 Å². The second kappa shape index (κ2) is 6.48. The molecular formula is C13H18ClN3OS. The van der Waals surface area contributed by atoms with Gasteiger partial charge < -0.3 is 11.1 Å². The molecule has 0 bridgehead atoms. The molecule has 0 aromatic carbocycles. The molecule has 0 spiro atoms. The van der Waals surface area contributed by atoms with Crippen LogP contribution in [0.1, 0.15) is 36.2 Å². The summed E-state index contributed by atoms with van der Waals surface area (Å²) in [7, 11) is 0. The summed E-state index contributed by atoms with van der Waals surface area (Å²) >= 11 is 7.80. The Labute approximate surface area is 122 Å². The first-order chi connectivity index (χ1) is 9.11. The van der Waals surface area contributed by atoms with E-state index in [1.165, 1.54) is 6.42 Å². The number of pyridine rings is 1. The lowest BCUT2D eigenvalue weighted by atomic mass is 9.95. The standard InChI is InChI=1S/C13H18ClN3OS/c1-19-10-5-3-2-4-9(10)16-13(18)12-8(14)6-7-11(15)17-12/h6-7,9-10H,2-5H2,1H3,(H2,15,17)(H,16,18). The highest BCUT2D eigenvalue weighted by Gasteiger charge is 2.27. The summed E-state index contributed by atoms with van der Waals surface area (Å²) in [6, 6.07) is 3.38. The van der Waals surface area contributed by atoms with E-state index in [1.54, 1.807) is 23.9 Å². The Morgan fingerprint density at radius 1 is 1.47 bits per heavy atom. The molecule has 4 nitrogen and oxygen atoms in total. The molecule has 3 N–H and O–H groups in total. The van der Waals surface area contributed by atoms with Gasteiger partial charge in [-0.1, -0.05) is 24.4 Å². The molecule has 1 saturated carbocycles. The minimum Gasteiger partial charge on any atom is -0.384 e. The number of nitrogen functional groups attached to an aromatic ring is 1. The van der Waals surface area contributed by atoms with Gasteiger partial charge in [-0.25, -0.2) is 4.98 Å². The molecule has 2 rings (SSSR count). The molecular weight excluding hydrogens is 282 g/mol. The number of anilines is 1. The molecule has 0 saturated heterocycles. The van der Waals surface area contributed by atoms with E-state index in [9.17, 15) is 4.79 Å². The van der Waals surface area contributed by atoms with E-state index >= 15 is 0 Å². The van der Waals surface area contributed by atoms with E-state index in [0.717, 1.165) is 19.3 Å². The summed E-state index contributed by atoms with van der Waals surface area (Å²) in [6.45, 7) is 0. The maximum Gasteiger partial charge on any atom is 0.271 e. The Bertz CT molecular complexity index is 469. The third kappa shape index (κ3) is 3.54. The van der Waals surface area contributed by atoms with Crippen LogP contribution in [0.5, 0.6) is 0 Å². The van der Waals surface area contributed by atoms with Gasteiger partial charge in [0, 0.05) is 11.3 Å². The van der Waals surface area contributed by atoms with Crippen LogP contribution >= 0.6 is 23.4 Å². The maximum absolute atomic E-state index is 12.2. The van der Waals surface area contributed by atoms with E-state index in [-0.39, 0.29) is 17.6 Å². The highest BCUT2D eigenvalue weighted by molar-refractivity contribution is 7.99. The van der Waals surface area contributed by atoms with Crippen LogP contribution in [-0.4, -0.2) is 28.4 Å². The number of halogens is 1. The minimum absolute atomic E-state index is 0.190. The van der Waals surface area contributed by atoms with Crippen molar-refractivity contribution in [3.8, 4) is 0 Å². The Hall–Kier alpha value is -0.940. The molecule has 1 heterocycles. The van der Waals surface area contributed by atoms with E-state index in [2.05, 4.69) is 16.6 Å². The zero-order chi connectivity index (χ0) is 13.8. The largest absolute Gasteiger partial charge is 0.384 e. The Kier molecular flexibility index (Phi) is 4.93. The molecule has 2 unspecified atom stereocenters. The van der Waals surface area contributed by atoms with E-state index < -0.39 is 0 Å². The molecule has 1 aliphatic rings. The smallest absolute Gasteiger partial charge is 0.271 e. The van der Waals surface area contributed by atoms with E-state index in [1.807, 2.05) is 0 Å². The van der Waals surface area contributed by atoms with Crippen LogP contribution in [-0.2, 0) is 0 Å². The second-order valence-corrected chi connectivity index (χ2v) is 6.19. The lowest BCUT2D eigenvalue weighted by Crippen LogP contribution is -2.44. The number of nitrogens with one attached hydrogen (secondary N) is 1. The van der Waals surface area contributed by atoms with Gasteiger partial charge in [0.25, 0.3) is 5.91 Å². The van der Waals surface area contributed by atoms with Crippen LogP contribution in [0.3, 0.4) is 0 Å². The van der Waals surface area contributed by atoms with Gasteiger partial charge in [-0.3, -0.25) is 4.79 Å². The van der Waals surface area contributed by atoms with Gasteiger partial charge in [-0.2, -0.15) is 11.8 Å². The maximum atomic E-state index is 12.2. The fourth-order valence-electron chi connectivity index (χ4n) is 2.40. The number of rotatable bonds is 3. The quantitative estimate of drug-likeness (QED) is 0.900. The van der Waals surface area contributed by atoms with Crippen LogP contribution in [0, 0.1) is 0 Å². The van der Waals surface area contributed by atoms with Crippen LogP contribution in [0.2, 0.25) is 5.02 Å². The highest BCUT2D eigenvalue weighted by Crippen LogP contribution is 2.27. The third-order valence-corrected chi connectivity index (χ3v) is 4.88. The van der Waals surface area contributed by atoms with Crippen molar-refractivity contribution in [3.05, 3.63) is 22.8 Å². The number of hydrogen-bond acceptors (Lipinski definition) is 4. The van der Waals surface area contributed by atoms with Gasteiger partial charge in [0.1, 0.15) is 11.5 Å². The number of amides is 1. The molecule has 0 radical (unpaired) electrons. The summed E-state index contributed by atoms with van der Waals surface area (Å²) in [6.07, 6.45) is 6.62. The minimum atomic E-state index is -0.233. The van der Waals surface area contributed by atoms with Crippen molar-refractivity contribution in [1.82, 2.24) is 10.3 Å². The van der Waals surface area contributed by atoms with Gasteiger partial charge in [-0.05, 0) is 31.2 Å². The molecule has 1 fully saturated rings. The van der Waals surface area contributed by atoms with Crippen LogP contribution < -0.4 is 11.1 Å². The van der Waals surface area contributed by atoms with Gasteiger partial charge >= 0.3 is 0 Å². The molecule has 1 aromatic rings. The van der Waals surface area contributed by atoms with Crippen molar-refractivity contribution in [2.24, 2.45) is 0 Å². The van der Waals surface area contributed by atoms with Gasteiger partial charge in [0.2, 0.25) is 0 Å². The van der Waals surface area contributed by atoms with Crippen molar-refractivity contribution < 1.29 is 4.79 Å². The van der Waals surface area contributed by atoms with Crippen molar-refractivity contribution in [1.29, 1.82) is 0 Å². The normalized spacial score (nSPS) is 23.1. The first kappa shape index (κ1) is 14.5. The Morgan fingerprint density at radius 3 is 2.95 bits per heavy atom. The lowest BCUT2D eigenvalue weighted by molar-refractivity contribution is 0.0924. The van der Waals surface area contributed by atoms with Crippen molar-refractivity contribution >= 4 is 35.1 Å². The summed E-state index contributed by atoms with van der Waals surface area (Å²) in [5.41, 5.74) is 5.81. The summed E-state index contributed by atoms with van der Waals surface area (Å²) in [4.78, 5) is 16.2. The first-order valence-electron chi connectivity index (χ1n) is 6.37. The number of aromatic nitrogens is 1. The molecule has 6 heteroatoms. The van der Waals surface area contributed by atoms with Crippen LogP contribution in [0.4, 0.5) is 5.82 Å². The number of nitrogens with zero attached hydrogens (tertiary/aromatic N) is 1. The predicted octanol–water partition coefficient (Wildman–Crippen LogP) is 2.72. The average molecular weight is 300 g/mol. The molecule has 0 aliphatic heterocycles. The SMILES string of the molecule is CSC1CCCCC1NC(=O)c1nc(N)ccc1Cl. The zero-order valence-electron chi connectivity index (χ0n) is 10.9. The third-order valence-electron chi connectivity index (χ3n) is 3.40. The number of thioether (sulfide) groups is 1. The topological polar surface area (TPSA) is 68.0 Å². The van der Waals surface area contributed by atoms with Crippen molar-refractivity contribution in [3.63, 3.8) is 0 Å². The van der Waals surface area contributed by atoms with E-state index in [0.29, 0.717) is 16.1 Å². The van der Waals surface area contributed by atoms with Gasteiger partial charge in [0.05, 0.1) is 5.02 Å². The number of nitrogens with two attached hydrogens (primary N) is 1. The van der Waals surface area contributed by atoms with Crippen molar-refractivity contribution in [2.75, 3.05) is 12.0 Å². The molecule has 19 heavy (non-hydrogen) atoms. The summed E-state index contributed by atoms with van der Waals surface area (Å²) < 4.78 is 0. The number of carbonyl (C=O) groups excluding carboxylic acids is 1. The molecule has 1 aromatic heterocycles. The molecule has 1 amide bonds. The Balaban J connectivity index is 2.09. The number of hydrogen-bond donors (Lipinski definition) is 2. The highest BCUT2D eigenvalue weighted by atomic mass is 35.5. The number of carbonyl (C=O) groups is 1. The predicted molar refractivity (Wildman–Crippen MR) is 80.7 cm³/mol. The van der Waals surface area contributed by atoms with Gasteiger partial charge in [-0.15, -0.1) is 0 Å². The van der Waals surface area contributed by atoms with Crippen molar-refractivity contribution in [2.45, 2.75) is 37.0 Å². The lowest BCUT2D eigenvalue weighted by Gasteiger charge is -2.30. The monoisotopic (exact) mass is 299 g/mol. The second-order valence-electron chi connectivity index (χ2n) is 4.71. The molecule has 1 aliphatic carbocycles. The van der Waals surface area contributed by atoms with Crippen LogP contribution in [0.15, 0.2) is 12.1 Å². The molecule has 104 valence electrons. The molecule has 2 atom stereocenters.